The monoisotopic (exact) mass is 376 g/mol. The Hall–Kier alpha value is -2.08. The first-order valence-corrected chi connectivity index (χ1v) is 9.71. The van der Waals surface area contributed by atoms with Crippen molar-refractivity contribution in [1.82, 2.24) is 10.2 Å². The Morgan fingerprint density at radius 1 is 1.22 bits per heavy atom. The number of nitrogens with one attached hydrogen (secondary N) is 1. The molecule has 1 aromatic rings. The Balaban J connectivity index is 2.11. The van der Waals surface area contributed by atoms with Gasteiger partial charge in [-0.05, 0) is 52.6 Å². The number of hydrogen-bond donors (Lipinski definition) is 1. The highest BCUT2D eigenvalue weighted by atomic mass is 16.6. The predicted molar refractivity (Wildman–Crippen MR) is 104 cm³/mol. The number of hydrogen-bond acceptors (Lipinski definition) is 5. The zero-order valence-corrected chi connectivity index (χ0v) is 16.9. The van der Waals surface area contributed by atoms with Crippen molar-refractivity contribution in [3.05, 3.63) is 35.9 Å². The van der Waals surface area contributed by atoms with Crippen LogP contribution < -0.4 is 5.32 Å². The van der Waals surface area contributed by atoms with Crippen LogP contribution in [-0.4, -0.2) is 48.3 Å². The molecule has 1 aromatic carbocycles. The molecule has 27 heavy (non-hydrogen) atoms. The number of carbonyl (C=O) groups is 2. The number of nitrogens with zero attached hydrogens (tertiary/aromatic N) is 1. The first-order chi connectivity index (χ1) is 12.8. The molecule has 6 heteroatoms. The van der Waals surface area contributed by atoms with Crippen LogP contribution in [-0.2, 0) is 20.8 Å². The standard InChI is InChI=1S/C21H32N2O4/c1-5-26-19(24)17-12-9-13-23(14-16-10-7-6-8-11-16)15-18(17)22-20(25)27-21(2,3)4/h6-8,10-11,17-18H,5,9,12-15H2,1-4H3,(H,22,25)/t17-,18-/m1/s1. The van der Waals surface area contributed by atoms with Crippen LogP contribution in [0.3, 0.4) is 0 Å². The van der Waals surface area contributed by atoms with Gasteiger partial charge in [-0.25, -0.2) is 4.79 Å². The quantitative estimate of drug-likeness (QED) is 0.798. The van der Waals surface area contributed by atoms with Crippen molar-refractivity contribution in [2.45, 2.75) is 58.7 Å². The van der Waals surface area contributed by atoms with Crippen LogP contribution in [0.2, 0.25) is 0 Å². The fourth-order valence-corrected chi connectivity index (χ4v) is 3.35. The molecule has 1 heterocycles. The Kier molecular flexibility index (Phi) is 7.66. The molecular formula is C21H32N2O4. The van der Waals surface area contributed by atoms with Crippen molar-refractivity contribution >= 4 is 12.1 Å². The van der Waals surface area contributed by atoms with E-state index >= 15 is 0 Å². The van der Waals surface area contributed by atoms with Gasteiger partial charge >= 0.3 is 12.1 Å². The normalized spacial score (nSPS) is 21.2. The lowest BCUT2D eigenvalue weighted by Gasteiger charge is -2.29. The lowest BCUT2D eigenvalue weighted by molar-refractivity contribution is -0.149. The number of esters is 1. The topological polar surface area (TPSA) is 67.9 Å². The molecule has 1 amide bonds. The average Bonchev–Trinajstić information content (AvgIpc) is 2.76. The molecule has 0 aromatic heterocycles. The minimum absolute atomic E-state index is 0.250. The zero-order chi connectivity index (χ0) is 19.9. The third-order valence-electron chi connectivity index (χ3n) is 4.47. The first kappa shape index (κ1) is 21.2. The second-order valence-electron chi connectivity index (χ2n) is 7.97. The summed E-state index contributed by atoms with van der Waals surface area (Å²) in [6.45, 7) is 9.84. The van der Waals surface area contributed by atoms with Crippen LogP contribution in [0.1, 0.15) is 46.1 Å². The molecule has 0 saturated carbocycles. The zero-order valence-electron chi connectivity index (χ0n) is 16.9. The lowest BCUT2D eigenvalue weighted by Crippen LogP contribution is -2.50. The molecule has 1 saturated heterocycles. The van der Waals surface area contributed by atoms with Crippen LogP contribution in [0.5, 0.6) is 0 Å². The van der Waals surface area contributed by atoms with Crippen LogP contribution in [0.25, 0.3) is 0 Å². The molecule has 1 N–H and O–H groups in total. The van der Waals surface area contributed by atoms with Crippen molar-refractivity contribution in [2.75, 3.05) is 19.7 Å². The maximum Gasteiger partial charge on any atom is 0.407 e. The largest absolute Gasteiger partial charge is 0.466 e. The second-order valence-corrected chi connectivity index (χ2v) is 7.97. The van der Waals surface area contributed by atoms with E-state index in [0.717, 1.165) is 19.5 Å². The molecule has 0 spiro atoms. The van der Waals surface area contributed by atoms with Gasteiger partial charge in [0.1, 0.15) is 5.60 Å². The van der Waals surface area contributed by atoms with Crippen LogP contribution in [0.15, 0.2) is 30.3 Å². The number of carbonyl (C=O) groups excluding carboxylic acids is 2. The minimum atomic E-state index is -0.585. The maximum absolute atomic E-state index is 12.5. The van der Waals surface area contributed by atoms with Gasteiger partial charge in [0.15, 0.2) is 0 Å². The molecule has 0 unspecified atom stereocenters. The van der Waals surface area contributed by atoms with E-state index in [1.807, 2.05) is 39.0 Å². The molecule has 0 bridgehead atoms. The number of benzene rings is 1. The molecule has 2 atom stereocenters. The van der Waals surface area contributed by atoms with E-state index in [9.17, 15) is 9.59 Å². The molecule has 6 nitrogen and oxygen atoms in total. The van der Waals surface area contributed by atoms with E-state index < -0.39 is 11.7 Å². The minimum Gasteiger partial charge on any atom is -0.466 e. The van der Waals surface area contributed by atoms with Crippen LogP contribution in [0.4, 0.5) is 4.79 Å². The van der Waals surface area contributed by atoms with E-state index in [4.69, 9.17) is 9.47 Å². The van der Waals surface area contributed by atoms with Crippen molar-refractivity contribution in [2.24, 2.45) is 5.92 Å². The average molecular weight is 376 g/mol. The summed E-state index contributed by atoms with van der Waals surface area (Å²) >= 11 is 0. The van der Waals surface area contributed by atoms with E-state index in [2.05, 4.69) is 22.3 Å². The summed E-state index contributed by atoms with van der Waals surface area (Å²) in [6.07, 6.45) is 1.07. The van der Waals surface area contributed by atoms with E-state index in [0.29, 0.717) is 19.6 Å². The molecule has 1 fully saturated rings. The molecular weight excluding hydrogens is 344 g/mol. The highest BCUT2D eigenvalue weighted by Gasteiger charge is 2.35. The van der Waals surface area contributed by atoms with Gasteiger partial charge in [-0.1, -0.05) is 30.3 Å². The maximum atomic E-state index is 12.5. The van der Waals surface area contributed by atoms with E-state index in [-0.39, 0.29) is 17.9 Å². The predicted octanol–water partition coefficient (Wildman–Crippen LogP) is 3.36. The summed E-state index contributed by atoms with van der Waals surface area (Å²) in [7, 11) is 0. The van der Waals surface area contributed by atoms with E-state index in [1.165, 1.54) is 5.56 Å². The fraction of sp³-hybridized carbons (Fsp3) is 0.619. The third kappa shape index (κ3) is 7.21. The summed E-state index contributed by atoms with van der Waals surface area (Å²) in [5, 5.41) is 2.92. The summed E-state index contributed by atoms with van der Waals surface area (Å²) in [6, 6.07) is 9.87. The van der Waals surface area contributed by atoms with Gasteiger partial charge in [0.25, 0.3) is 0 Å². The Bertz CT molecular complexity index is 612. The first-order valence-electron chi connectivity index (χ1n) is 9.71. The summed E-state index contributed by atoms with van der Waals surface area (Å²) in [5.41, 5.74) is 0.626. The lowest BCUT2D eigenvalue weighted by atomic mass is 9.96. The smallest absolute Gasteiger partial charge is 0.407 e. The number of amides is 1. The summed E-state index contributed by atoms with van der Waals surface area (Å²) < 4.78 is 10.7. The number of ether oxygens (including phenoxy) is 2. The van der Waals surface area contributed by atoms with Crippen molar-refractivity contribution in [3.63, 3.8) is 0 Å². The second kappa shape index (κ2) is 9.74. The van der Waals surface area contributed by atoms with Crippen LogP contribution in [0, 0.1) is 5.92 Å². The van der Waals surface area contributed by atoms with E-state index in [1.54, 1.807) is 6.92 Å². The fourth-order valence-electron chi connectivity index (χ4n) is 3.35. The highest BCUT2D eigenvalue weighted by Crippen LogP contribution is 2.22. The number of likely N-dealkylation sites (tertiary alicyclic amines) is 1. The van der Waals surface area contributed by atoms with Gasteiger partial charge in [-0.2, -0.15) is 0 Å². The van der Waals surface area contributed by atoms with Gasteiger partial charge in [0, 0.05) is 13.1 Å². The summed E-state index contributed by atoms with van der Waals surface area (Å²) in [4.78, 5) is 27.1. The Morgan fingerprint density at radius 3 is 2.56 bits per heavy atom. The molecule has 0 aliphatic carbocycles. The molecule has 1 aliphatic heterocycles. The van der Waals surface area contributed by atoms with Crippen LogP contribution >= 0.6 is 0 Å². The third-order valence-corrected chi connectivity index (χ3v) is 4.47. The number of alkyl carbamates (subject to hydrolysis) is 1. The van der Waals surface area contributed by atoms with Crippen molar-refractivity contribution < 1.29 is 19.1 Å². The Labute approximate surface area is 162 Å². The van der Waals surface area contributed by atoms with Gasteiger partial charge in [-0.15, -0.1) is 0 Å². The van der Waals surface area contributed by atoms with Gasteiger partial charge in [0.05, 0.1) is 18.6 Å². The van der Waals surface area contributed by atoms with Crippen molar-refractivity contribution in [1.29, 1.82) is 0 Å². The molecule has 2 rings (SSSR count). The molecule has 1 aliphatic rings. The van der Waals surface area contributed by atoms with Gasteiger partial charge in [0.2, 0.25) is 0 Å². The molecule has 0 radical (unpaired) electrons. The molecule has 150 valence electrons. The van der Waals surface area contributed by atoms with Gasteiger partial charge < -0.3 is 14.8 Å². The Morgan fingerprint density at radius 2 is 1.93 bits per heavy atom. The summed E-state index contributed by atoms with van der Waals surface area (Å²) in [5.74, 6) is -0.613. The highest BCUT2D eigenvalue weighted by molar-refractivity contribution is 5.75. The van der Waals surface area contributed by atoms with Gasteiger partial charge in [-0.3, -0.25) is 9.69 Å². The number of rotatable bonds is 5. The van der Waals surface area contributed by atoms with Crippen molar-refractivity contribution in [3.8, 4) is 0 Å². The SMILES string of the molecule is CCOC(=O)[C@@H]1CCCN(Cc2ccccc2)C[C@H]1NC(=O)OC(C)(C)C.